The van der Waals surface area contributed by atoms with Crippen molar-refractivity contribution in [3.05, 3.63) is 65.2 Å². The van der Waals surface area contributed by atoms with Crippen LogP contribution in [0.15, 0.2) is 48.5 Å². The highest BCUT2D eigenvalue weighted by molar-refractivity contribution is 5.56. The molecular weight excluding hydrogens is 296 g/mol. The van der Waals surface area contributed by atoms with Gasteiger partial charge in [0.05, 0.1) is 13.1 Å². The van der Waals surface area contributed by atoms with Crippen LogP contribution in [-0.2, 0) is 6.54 Å². The Balaban J connectivity index is 2.12. The third-order valence-corrected chi connectivity index (χ3v) is 5.05. The summed E-state index contributed by atoms with van der Waals surface area (Å²) in [5.74, 6) is 0. The Bertz CT molecular complexity index is 615. The van der Waals surface area contributed by atoms with Gasteiger partial charge < -0.3 is 14.9 Å². The molecule has 2 rings (SSSR count). The second-order valence-corrected chi connectivity index (χ2v) is 6.73. The fourth-order valence-corrected chi connectivity index (χ4v) is 3.36. The van der Waals surface area contributed by atoms with Crippen LogP contribution in [0.2, 0.25) is 0 Å². The van der Waals surface area contributed by atoms with Crippen molar-refractivity contribution in [1.82, 2.24) is 0 Å². The summed E-state index contributed by atoms with van der Waals surface area (Å²) in [4.78, 5) is 0. The molecule has 24 heavy (non-hydrogen) atoms. The molecule has 2 aromatic carbocycles. The number of nitrogens with one attached hydrogen (secondary N) is 1. The van der Waals surface area contributed by atoms with Crippen molar-refractivity contribution in [2.24, 2.45) is 0 Å². The second kappa shape index (κ2) is 8.32. The quantitative estimate of drug-likeness (QED) is 0.565. The number of benzene rings is 2. The summed E-state index contributed by atoms with van der Waals surface area (Å²) in [6.07, 6.45) is -0.562. The number of hydrogen-bond acceptors (Lipinski definition) is 2. The SMILES string of the molecule is CC[N+](CC)(Cc1ccccc1)CC(O)Nc1c(C)cccc1C. The minimum Gasteiger partial charge on any atom is -0.368 e. The molecule has 0 amide bonds. The van der Waals surface area contributed by atoms with Crippen LogP contribution < -0.4 is 5.32 Å². The number of para-hydroxylation sites is 1. The Hall–Kier alpha value is -1.84. The Morgan fingerprint density at radius 2 is 1.50 bits per heavy atom. The summed E-state index contributed by atoms with van der Waals surface area (Å²) >= 11 is 0. The summed E-state index contributed by atoms with van der Waals surface area (Å²) < 4.78 is 0.864. The number of aliphatic hydroxyl groups is 1. The van der Waals surface area contributed by atoms with Crippen LogP contribution in [0.25, 0.3) is 0 Å². The van der Waals surface area contributed by atoms with Crippen molar-refractivity contribution in [2.75, 3.05) is 25.0 Å². The van der Waals surface area contributed by atoms with E-state index in [1.165, 1.54) is 16.7 Å². The first-order valence-electron chi connectivity index (χ1n) is 8.89. The van der Waals surface area contributed by atoms with Gasteiger partial charge in [0.25, 0.3) is 0 Å². The Morgan fingerprint density at radius 1 is 0.917 bits per heavy atom. The highest BCUT2D eigenvalue weighted by Gasteiger charge is 2.27. The Kier molecular flexibility index (Phi) is 6.41. The van der Waals surface area contributed by atoms with E-state index in [0.29, 0.717) is 6.54 Å². The zero-order chi connectivity index (χ0) is 17.6. The molecule has 0 fully saturated rings. The highest BCUT2D eigenvalue weighted by Crippen LogP contribution is 2.22. The Labute approximate surface area is 146 Å². The fourth-order valence-electron chi connectivity index (χ4n) is 3.36. The number of quaternary nitrogens is 1. The van der Waals surface area contributed by atoms with E-state index in [-0.39, 0.29) is 0 Å². The standard InChI is InChI=1S/C21H31N2O/c1-5-23(6-2,15-19-13-8-7-9-14-19)16-20(24)22-21-17(3)11-10-12-18(21)4/h7-14,20,22,24H,5-6,15-16H2,1-4H3/q+1. The summed E-state index contributed by atoms with van der Waals surface area (Å²) in [6, 6.07) is 16.8. The maximum atomic E-state index is 10.7. The van der Waals surface area contributed by atoms with Gasteiger partial charge in [0.1, 0.15) is 13.1 Å². The average molecular weight is 327 g/mol. The van der Waals surface area contributed by atoms with Crippen molar-refractivity contribution in [2.45, 2.75) is 40.5 Å². The smallest absolute Gasteiger partial charge is 0.174 e. The normalized spacial score (nSPS) is 12.9. The van der Waals surface area contributed by atoms with Crippen LogP contribution in [0.4, 0.5) is 5.69 Å². The predicted molar refractivity (Wildman–Crippen MR) is 102 cm³/mol. The molecule has 0 aliphatic rings. The van der Waals surface area contributed by atoms with Gasteiger partial charge in [-0.3, -0.25) is 0 Å². The number of hydrogen-bond donors (Lipinski definition) is 2. The topological polar surface area (TPSA) is 32.3 Å². The Morgan fingerprint density at radius 3 is 2.04 bits per heavy atom. The molecule has 0 spiro atoms. The maximum absolute atomic E-state index is 10.7. The van der Waals surface area contributed by atoms with Crippen LogP contribution in [0.5, 0.6) is 0 Å². The third kappa shape index (κ3) is 4.59. The molecule has 1 unspecified atom stereocenters. The van der Waals surface area contributed by atoms with Crippen LogP contribution in [0, 0.1) is 13.8 Å². The van der Waals surface area contributed by atoms with E-state index in [2.05, 4.69) is 75.5 Å². The number of aliphatic hydroxyl groups excluding tert-OH is 1. The van der Waals surface area contributed by atoms with Crippen molar-refractivity contribution in [1.29, 1.82) is 0 Å². The molecular formula is C21H31N2O+. The minimum absolute atomic E-state index is 0.562. The van der Waals surface area contributed by atoms with Crippen molar-refractivity contribution < 1.29 is 9.59 Å². The van der Waals surface area contributed by atoms with Crippen LogP contribution in [0.3, 0.4) is 0 Å². The van der Waals surface area contributed by atoms with Gasteiger partial charge >= 0.3 is 0 Å². The number of anilines is 1. The molecule has 0 aliphatic heterocycles. The first-order chi connectivity index (χ1) is 11.5. The maximum Gasteiger partial charge on any atom is 0.174 e. The molecule has 0 aliphatic carbocycles. The zero-order valence-electron chi connectivity index (χ0n) is 15.4. The zero-order valence-corrected chi connectivity index (χ0v) is 15.4. The lowest BCUT2D eigenvalue weighted by Crippen LogP contribution is -2.52. The van der Waals surface area contributed by atoms with Crippen molar-refractivity contribution >= 4 is 5.69 Å². The van der Waals surface area contributed by atoms with Crippen LogP contribution in [-0.4, -0.2) is 35.5 Å². The van der Waals surface area contributed by atoms with Gasteiger partial charge in [-0.15, -0.1) is 0 Å². The van der Waals surface area contributed by atoms with Gasteiger partial charge in [0.15, 0.2) is 6.23 Å². The van der Waals surface area contributed by atoms with Crippen molar-refractivity contribution in [3.63, 3.8) is 0 Å². The first-order valence-corrected chi connectivity index (χ1v) is 8.89. The molecule has 130 valence electrons. The molecule has 2 aromatic rings. The molecule has 3 heteroatoms. The molecule has 0 radical (unpaired) electrons. The molecule has 3 nitrogen and oxygen atoms in total. The third-order valence-electron chi connectivity index (χ3n) is 5.05. The fraction of sp³-hybridized carbons (Fsp3) is 0.429. The second-order valence-electron chi connectivity index (χ2n) is 6.73. The highest BCUT2D eigenvalue weighted by atomic mass is 16.3. The van der Waals surface area contributed by atoms with Crippen LogP contribution >= 0.6 is 0 Å². The number of likely N-dealkylation sites (N-methyl/N-ethyl adjacent to an activating group) is 1. The molecule has 0 aromatic heterocycles. The summed E-state index contributed by atoms with van der Waals surface area (Å²) in [6.45, 7) is 12.2. The van der Waals surface area contributed by atoms with Crippen LogP contribution in [0.1, 0.15) is 30.5 Å². The van der Waals surface area contributed by atoms with Crippen molar-refractivity contribution in [3.8, 4) is 0 Å². The van der Waals surface area contributed by atoms with Gasteiger partial charge in [-0.25, -0.2) is 0 Å². The van der Waals surface area contributed by atoms with Gasteiger partial charge in [-0.2, -0.15) is 0 Å². The molecule has 1 atom stereocenters. The summed E-state index contributed by atoms with van der Waals surface area (Å²) in [7, 11) is 0. The van der Waals surface area contributed by atoms with E-state index in [4.69, 9.17) is 0 Å². The predicted octanol–water partition coefficient (Wildman–Crippen LogP) is 4.09. The molecule has 0 saturated carbocycles. The lowest BCUT2D eigenvalue weighted by molar-refractivity contribution is -0.940. The molecule has 2 N–H and O–H groups in total. The van der Waals surface area contributed by atoms with Gasteiger partial charge in [-0.05, 0) is 38.8 Å². The molecule has 0 heterocycles. The monoisotopic (exact) mass is 327 g/mol. The minimum atomic E-state index is -0.562. The van der Waals surface area contributed by atoms with E-state index in [1.807, 2.05) is 6.07 Å². The summed E-state index contributed by atoms with van der Waals surface area (Å²) in [5.41, 5.74) is 4.71. The summed E-state index contributed by atoms with van der Waals surface area (Å²) in [5, 5.41) is 14.0. The lowest BCUT2D eigenvalue weighted by Gasteiger charge is -2.39. The van der Waals surface area contributed by atoms with E-state index in [1.54, 1.807) is 0 Å². The van der Waals surface area contributed by atoms with E-state index in [9.17, 15) is 5.11 Å². The largest absolute Gasteiger partial charge is 0.368 e. The first kappa shape index (κ1) is 18.5. The number of rotatable bonds is 8. The molecule has 0 bridgehead atoms. The van der Waals surface area contributed by atoms with Gasteiger partial charge in [0.2, 0.25) is 0 Å². The lowest BCUT2D eigenvalue weighted by atomic mass is 10.1. The number of nitrogens with zero attached hydrogens (tertiary/aromatic N) is 1. The number of aryl methyl sites for hydroxylation is 2. The van der Waals surface area contributed by atoms with Gasteiger partial charge in [0, 0.05) is 11.3 Å². The molecule has 0 saturated heterocycles. The van der Waals surface area contributed by atoms with E-state index in [0.717, 1.165) is 29.8 Å². The average Bonchev–Trinajstić information content (AvgIpc) is 2.58. The van der Waals surface area contributed by atoms with E-state index < -0.39 is 6.23 Å². The van der Waals surface area contributed by atoms with E-state index >= 15 is 0 Å². The van der Waals surface area contributed by atoms with Gasteiger partial charge in [-0.1, -0.05) is 48.5 Å².